The smallest absolute Gasteiger partial charge is 0.257 e. The van der Waals surface area contributed by atoms with Crippen LogP contribution >= 0.6 is 12.2 Å². The predicted molar refractivity (Wildman–Crippen MR) is 120 cm³/mol. The summed E-state index contributed by atoms with van der Waals surface area (Å²) in [6, 6.07) is 15.2. The second kappa shape index (κ2) is 9.52. The van der Waals surface area contributed by atoms with Crippen LogP contribution in [-0.4, -0.2) is 48.0 Å². The molecule has 0 aromatic heterocycles. The fraction of sp³-hybridized carbons (Fsp3) is 0.318. The predicted octanol–water partition coefficient (Wildman–Crippen LogP) is 3.18. The number of nitrogens with one attached hydrogen (secondary N) is 2. The standard InChI is InChI=1S/C22H26N4O2S/c1-3-20(27)26-14-12-25(13-15-26)19-10-8-18(9-11-19)23-22(29)24-21(28)17-6-4-16(2)5-7-17/h4-11H,3,12-15H2,1-2H3,(H2,23,24,28,29). The van der Waals surface area contributed by atoms with Crippen molar-refractivity contribution in [3.05, 3.63) is 59.7 Å². The monoisotopic (exact) mass is 410 g/mol. The Kier molecular flexibility index (Phi) is 6.82. The van der Waals surface area contributed by atoms with Crippen LogP contribution < -0.4 is 15.5 Å². The first-order valence-electron chi connectivity index (χ1n) is 9.78. The molecule has 6 nitrogen and oxygen atoms in total. The summed E-state index contributed by atoms with van der Waals surface area (Å²) in [7, 11) is 0. The number of piperazine rings is 1. The molecule has 1 aliphatic rings. The minimum atomic E-state index is -0.237. The van der Waals surface area contributed by atoms with E-state index < -0.39 is 0 Å². The maximum Gasteiger partial charge on any atom is 0.257 e. The molecule has 29 heavy (non-hydrogen) atoms. The first-order valence-corrected chi connectivity index (χ1v) is 10.2. The summed E-state index contributed by atoms with van der Waals surface area (Å²) < 4.78 is 0. The molecule has 0 radical (unpaired) electrons. The highest BCUT2D eigenvalue weighted by molar-refractivity contribution is 7.80. The van der Waals surface area contributed by atoms with E-state index in [0.29, 0.717) is 12.0 Å². The van der Waals surface area contributed by atoms with Crippen molar-refractivity contribution in [3.63, 3.8) is 0 Å². The Bertz CT molecular complexity index is 873. The van der Waals surface area contributed by atoms with Gasteiger partial charge in [-0.25, -0.2) is 0 Å². The number of amides is 2. The Hall–Kier alpha value is -2.93. The molecule has 7 heteroatoms. The van der Waals surface area contributed by atoms with Gasteiger partial charge < -0.3 is 15.1 Å². The van der Waals surface area contributed by atoms with Crippen LogP contribution in [0.3, 0.4) is 0 Å². The zero-order valence-electron chi connectivity index (χ0n) is 16.8. The molecular weight excluding hydrogens is 384 g/mol. The van der Waals surface area contributed by atoms with Crippen molar-refractivity contribution in [2.24, 2.45) is 0 Å². The zero-order chi connectivity index (χ0) is 20.8. The van der Waals surface area contributed by atoms with Gasteiger partial charge >= 0.3 is 0 Å². The van der Waals surface area contributed by atoms with Gasteiger partial charge in [0.1, 0.15) is 0 Å². The van der Waals surface area contributed by atoms with Gasteiger partial charge in [0, 0.05) is 49.5 Å². The van der Waals surface area contributed by atoms with Crippen molar-refractivity contribution in [1.82, 2.24) is 10.2 Å². The van der Waals surface area contributed by atoms with E-state index in [9.17, 15) is 9.59 Å². The molecule has 1 fully saturated rings. The summed E-state index contributed by atoms with van der Waals surface area (Å²) in [4.78, 5) is 28.2. The van der Waals surface area contributed by atoms with Crippen LogP contribution in [0.2, 0.25) is 0 Å². The third-order valence-corrected chi connectivity index (χ3v) is 5.17. The number of carbonyl (C=O) groups is 2. The number of aryl methyl sites for hydroxylation is 1. The number of rotatable bonds is 4. The molecule has 2 amide bonds. The molecule has 2 N–H and O–H groups in total. The van der Waals surface area contributed by atoms with Gasteiger partial charge in [-0.3, -0.25) is 14.9 Å². The van der Waals surface area contributed by atoms with Gasteiger partial charge in [-0.2, -0.15) is 0 Å². The van der Waals surface area contributed by atoms with Gasteiger partial charge in [0.15, 0.2) is 5.11 Å². The number of hydrogen-bond donors (Lipinski definition) is 2. The van der Waals surface area contributed by atoms with E-state index in [4.69, 9.17) is 12.2 Å². The van der Waals surface area contributed by atoms with E-state index in [2.05, 4.69) is 15.5 Å². The second-order valence-corrected chi connectivity index (χ2v) is 7.45. The third kappa shape index (κ3) is 5.54. The molecule has 0 saturated carbocycles. The van der Waals surface area contributed by atoms with Crippen LogP contribution in [0.5, 0.6) is 0 Å². The number of nitrogens with zero attached hydrogens (tertiary/aromatic N) is 2. The molecule has 0 atom stereocenters. The molecule has 0 aliphatic carbocycles. The molecule has 1 heterocycles. The van der Waals surface area contributed by atoms with E-state index in [0.717, 1.165) is 43.1 Å². The molecule has 3 rings (SSSR count). The lowest BCUT2D eigenvalue weighted by Gasteiger charge is -2.36. The van der Waals surface area contributed by atoms with Gasteiger partial charge in [-0.05, 0) is 55.5 Å². The summed E-state index contributed by atoms with van der Waals surface area (Å²) >= 11 is 5.25. The number of carbonyl (C=O) groups excluding carboxylic acids is 2. The topological polar surface area (TPSA) is 64.7 Å². The summed E-state index contributed by atoms with van der Waals surface area (Å²) in [6.45, 7) is 7.02. The fourth-order valence-electron chi connectivity index (χ4n) is 3.24. The van der Waals surface area contributed by atoms with Crippen LogP contribution in [0, 0.1) is 6.92 Å². The highest BCUT2D eigenvalue weighted by Gasteiger charge is 2.20. The molecule has 1 saturated heterocycles. The molecule has 0 unspecified atom stereocenters. The molecule has 2 aromatic rings. The molecule has 0 bridgehead atoms. The fourth-order valence-corrected chi connectivity index (χ4v) is 3.45. The van der Waals surface area contributed by atoms with Gasteiger partial charge in [0.2, 0.25) is 5.91 Å². The van der Waals surface area contributed by atoms with Gasteiger partial charge in [0.05, 0.1) is 0 Å². The lowest BCUT2D eigenvalue weighted by Crippen LogP contribution is -2.48. The molecule has 0 spiro atoms. The first-order chi connectivity index (χ1) is 14.0. The Labute approximate surface area is 176 Å². The second-order valence-electron chi connectivity index (χ2n) is 7.04. The van der Waals surface area contributed by atoms with Crippen molar-refractivity contribution in [3.8, 4) is 0 Å². The summed E-state index contributed by atoms with van der Waals surface area (Å²) in [6.07, 6.45) is 0.556. The van der Waals surface area contributed by atoms with Crippen molar-refractivity contribution < 1.29 is 9.59 Å². The lowest BCUT2D eigenvalue weighted by molar-refractivity contribution is -0.131. The average molecular weight is 411 g/mol. The largest absolute Gasteiger partial charge is 0.368 e. The SMILES string of the molecule is CCC(=O)N1CCN(c2ccc(NC(=S)NC(=O)c3ccc(C)cc3)cc2)CC1. The van der Waals surface area contributed by atoms with E-state index in [1.54, 1.807) is 12.1 Å². The molecule has 152 valence electrons. The van der Waals surface area contributed by atoms with Crippen molar-refractivity contribution >= 4 is 40.5 Å². The molecular formula is C22H26N4O2S. The van der Waals surface area contributed by atoms with Crippen LogP contribution in [0.4, 0.5) is 11.4 Å². The van der Waals surface area contributed by atoms with E-state index in [1.807, 2.05) is 55.1 Å². The lowest BCUT2D eigenvalue weighted by atomic mass is 10.1. The average Bonchev–Trinajstić information content (AvgIpc) is 2.74. The number of anilines is 2. The van der Waals surface area contributed by atoms with E-state index in [-0.39, 0.29) is 16.9 Å². The highest BCUT2D eigenvalue weighted by atomic mass is 32.1. The van der Waals surface area contributed by atoms with E-state index in [1.165, 1.54) is 0 Å². The van der Waals surface area contributed by atoms with Gasteiger partial charge in [0.25, 0.3) is 5.91 Å². The Morgan fingerprint density at radius 3 is 2.17 bits per heavy atom. The highest BCUT2D eigenvalue weighted by Crippen LogP contribution is 2.20. The normalized spacial score (nSPS) is 13.7. The first kappa shape index (κ1) is 20.8. The van der Waals surface area contributed by atoms with E-state index >= 15 is 0 Å². The Morgan fingerprint density at radius 1 is 0.966 bits per heavy atom. The maximum absolute atomic E-state index is 12.2. The minimum absolute atomic E-state index is 0.213. The molecule has 2 aromatic carbocycles. The summed E-state index contributed by atoms with van der Waals surface area (Å²) in [5, 5.41) is 6.00. The summed E-state index contributed by atoms with van der Waals surface area (Å²) in [5.74, 6) is -0.0241. The van der Waals surface area contributed by atoms with Gasteiger partial charge in [-0.15, -0.1) is 0 Å². The van der Waals surface area contributed by atoms with Crippen LogP contribution in [0.15, 0.2) is 48.5 Å². The van der Waals surface area contributed by atoms with Crippen LogP contribution in [0.1, 0.15) is 29.3 Å². The van der Waals surface area contributed by atoms with Crippen molar-refractivity contribution in [2.75, 3.05) is 36.4 Å². The van der Waals surface area contributed by atoms with Gasteiger partial charge in [-0.1, -0.05) is 24.6 Å². The number of thiocarbonyl (C=S) groups is 1. The van der Waals surface area contributed by atoms with Crippen molar-refractivity contribution in [2.45, 2.75) is 20.3 Å². The Balaban J connectivity index is 1.51. The maximum atomic E-state index is 12.2. The van der Waals surface area contributed by atoms with Crippen molar-refractivity contribution in [1.29, 1.82) is 0 Å². The van der Waals surface area contributed by atoms with Crippen LogP contribution in [0.25, 0.3) is 0 Å². The Morgan fingerprint density at radius 2 is 1.59 bits per heavy atom. The molecule has 1 aliphatic heterocycles. The number of hydrogen-bond acceptors (Lipinski definition) is 4. The zero-order valence-corrected chi connectivity index (χ0v) is 17.6. The van der Waals surface area contributed by atoms with Crippen LogP contribution in [-0.2, 0) is 4.79 Å². The third-order valence-electron chi connectivity index (χ3n) is 4.97. The minimum Gasteiger partial charge on any atom is -0.368 e. The number of benzene rings is 2. The summed E-state index contributed by atoms with van der Waals surface area (Å²) in [5.41, 5.74) is 3.58. The quantitative estimate of drug-likeness (QED) is 0.758.